The van der Waals surface area contributed by atoms with Crippen molar-refractivity contribution < 1.29 is 4.74 Å². The van der Waals surface area contributed by atoms with Gasteiger partial charge < -0.3 is 10.6 Å². The number of nitrogens with two attached hydrogens (primary N) is 1. The fraction of sp³-hybridized carbons (Fsp3) is 0.364. The van der Waals surface area contributed by atoms with Crippen LogP contribution in [0.5, 0.6) is 5.75 Å². The van der Waals surface area contributed by atoms with Crippen molar-refractivity contribution in [3.05, 3.63) is 29.8 Å². The van der Waals surface area contributed by atoms with E-state index in [2.05, 4.69) is 18.9 Å². The van der Waals surface area contributed by atoms with Gasteiger partial charge in [0.1, 0.15) is 5.75 Å². The molecule has 0 aliphatic carbocycles. The molecule has 0 saturated carbocycles. The molecule has 76 valence electrons. The molecule has 0 spiro atoms. The predicted octanol–water partition coefficient (Wildman–Crippen LogP) is 2.01. The molecule has 0 aliphatic rings. The summed E-state index contributed by atoms with van der Waals surface area (Å²) < 4.78 is 5.60. The molecular formula is C11H16N2O. The highest BCUT2D eigenvalue weighted by molar-refractivity contribution is 5.83. The van der Waals surface area contributed by atoms with Gasteiger partial charge in [-0.2, -0.15) is 5.10 Å². The standard InChI is InChI=1S/C11H16N2O/c1-9(2)8-14-11-6-4-3-5-10(11)7-13-12/h3-7,9H,8,12H2,1-2H3. The first-order chi connectivity index (χ1) is 6.74. The first-order valence-corrected chi connectivity index (χ1v) is 4.69. The maximum Gasteiger partial charge on any atom is 0.128 e. The lowest BCUT2D eigenvalue weighted by molar-refractivity contribution is 0.270. The molecule has 1 rings (SSSR count). The van der Waals surface area contributed by atoms with Crippen LogP contribution in [0.4, 0.5) is 0 Å². The third kappa shape index (κ3) is 3.09. The van der Waals surface area contributed by atoms with E-state index < -0.39 is 0 Å². The van der Waals surface area contributed by atoms with Crippen LogP contribution in [-0.4, -0.2) is 12.8 Å². The molecule has 0 unspecified atom stereocenters. The lowest BCUT2D eigenvalue weighted by Crippen LogP contribution is -2.06. The van der Waals surface area contributed by atoms with Crippen molar-refractivity contribution in [1.29, 1.82) is 0 Å². The highest BCUT2D eigenvalue weighted by atomic mass is 16.5. The second-order valence-electron chi connectivity index (χ2n) is 3.52. The molecule has 3 heteroatoms. The van der Waals surface area contributed by atoms with E-state index >= 15 is 0 Å². The SMILES string of the molecule is CC(C)COc1ccccc1C=NN. The van der Waals surface area contributed by atoms with Crippen LogP contribution in [0.25, 0.3) is 0 Å². The van der Waals surface area contributed by atoms with Gasteiger partial charge in [0, 0.05) is 5.56 Å². The Labute approximate surface area is 84.6 Å². The number of para-hydroxylation sites is 1. The number of rotatable bonds is 4. The summed E-state index contributed by atoms with van der Waals surface area (Å²) in [6.45, 7) is 4.93. The minimum absolute atomic E-state index is 0.512. The van der Waals surface area contributed by atoms with Gasteiger partial charge in [0.25, 0.3) is 0 Å². The molecule has 0 aromatic heterocycles. The number of hydrazone groups is 1. The molecule has 0 bridgehead atoms. The highest BCUT2D eigenvalue weighted by Gasteiger charge is 2.01. The topological polar surface area (TPSA) is 47.6 Å². The van der Waals surface area contributed by atoms with Crippen molar-refractivity contribution in [2.45, 2.75) is 13.8 Å². The van der Waals surface area contributed by atoms with Crippen LogP contribution in [0, 0.1) is 5.92 Å². The quantitative estimate of drug-likeness (QED) is 0.450. The molecule has 0 heterocycles. The van der Waals surface area contributed by atoms with E-state index in [-0.39, 0.29) is 0 Å². The van der Waals surface area contributed by atoms with Gasteiger partial charge in [0.2, 0.25) is 0 Å². The van der Waals surface area contributed by atoms with Gasteiger partial charge in [-0.1, -0.05) is 26.0 Å². The summed E-state index contributed by atoms with van der Waals surface area (Å²) in [4.78, 5) is 0. The minimum Gasteiger partial charge on any atom is -0.493 e. The molecule has 0 amide bonds. The normalized spacial score (nSPS) is 11.1. The minimum atomic E-state index is 0.512. The molecule has 14 heavy (non-hydrogen) atoms. The second kappa shape index (κ2) is 5.27. The van der Waals surface area contributed by atoms with Gasteiger partial charge in [0.15, 0.2) is 0 Å². The van der Waals surface area contributed by atoms with Crippen molar-refractivity contribution in [3.63, 3.8) is 0 Å². The molecule has 1 aromatic rings. The maximum atomic E-state index is 5.60. The second-order valence-corrected chi connectivity index (χ2v) is 3.52. The molecule has 2 N–H and O–H groups in total. The van der Waals surface area contributed by atoms with Gasteiger partial charge in [-0.15, -0.1) is 0 Å². The van der Waals surface area contributed by atoms with Crippen LogP contribution in [0.15, 0.2) is 29.4 Å². The lowest BCUT2D eigenvalue weighted by Gasteiger charge is -2.10. The molecule has 0 atom stereocenters. The van der Waals surface area contributed by atoms with E-state index in [1.54, 1.807) is 6.21 Å². The Bertz CT molecular complexity index is 308. The smallest absolute Gasteiger partial charge is 0.128 e. The number of nitrogens with zero attached hydrogens (tertiary/aromatic N) is 1. The van der Waals surface area contributed by atoms with Gasteiger partial charge in [-0.05, 0) is 18.1 Å². The molecular weight excluding hydrogens is 176 g/mol. The summed E-state index contributed by atoms with van der Waals surface area (Å²) in [7, 11) is 0. The first kappa shape index (κ1) is 10.6. The Morgan fingerprint density at radius 1 is 1.43 bits per heavy atom. The molecule has 1 aromatic carbocycles. The average Bonchev–Trinajstić information content (AvgIpc) is 2.17. The summed E-state index contributed by atoms with van der Waals surface area (Å²) in [5.74, 6) is 6.44. The number of benzene rings is 1. The van der Waals surface area contributed by atoms with E-state index in [1.165, 1.54) is 0 Å². The third-order valence-electron chi connectivity index (χ3n) is 1.70. The molecule has 0 fully saturated rings. The van der Waals surface area contributed by atoms with Crippen molar-refractivity contribution in [2.75, 3.05) is 6.61 Å². The lowest BCUT2D eigenvalue weighted by atomic mass is 10.2. The third-order valence-corrected chi connectivity index (χ3v) is 1.70. The monoisotopic (exact) mass is 192 g/mol. The van der Waals surface area contributed by atoms with E-state index in [0.29, 0.717) is 12.5 Å². The Morgan fingerprint density at radius 3 is 2.79 bits per heavy atom. The van der Waals surface area contributed by atoms with Gasteiger partial charge in [-0.3, -0.25) is 0 Å². The van der Waals surface area contributed by atoms with Crippen molar-refractivity contribution in [1.82, 2.24) is 0 Å². The molecule has 0 saturated heterocycles. The van der Waals surface area contributed by atoms with Crippen LogP contribution >= 0.6 is 0 Å². The summed E-state index contributed by atoms with van der Waals surface area (Å²) in [6.07, 6.45) is 1.59. The Balaban J connectivity index is 2.74. The van der Waals surface area contributed by atoms with Crippen LogP contribution in [0.2, 0.25) is 0 Å². The molecule has 0 radical (unpaired) electrons. The summed E-state index contributed by atoms with van der Waals surface area (Å²) >= 11 is 0. The van der Waals surface area contributed by atoms with Gasteiger partial charge >= 0.3 is 0 Å². The van der Waals surface area contributed by atoms with Crippen molar-refractivity contribution >= 4 is 6.21 Å². The van der Waals surface area contributed by atoms with E-state index in [1.807, 2.05) is 24.3 Å². The Hall–Kier alpha value is -1.51. The first-order valence-electron chi connectivity index (χ1n) is 4.69. The van der Waals surface area contributed by atoms with E-state index in [4.69, 9.17) is 10.6 Å². The number of ether oxygens (including phenoxy) is 1. The van der Waals surface area contributed by atoms with Gasteiger partial charge in [0.05, 0.1) is 12.8 Å². The highest BCUT2D eigenvalue weighted by Crippen LogP contribution is 2.16. The fourth-order valence-electron chi connectivity index (χ4n) is 1.06. The number of hydrogen-bond acceptors (Lipinski definition) is 3. The Kier molecular flexibility index (Phi) is 3.98. The summed E-state index contributed by atoms with van der Waals surface area (Å²) in [6, 6.07) is 7.70. The summed E-state index contributed by atoms with van der Waals surface area (Å²) in [5, 5.41) is 3.49. The van der Waals surface area contributed by atoms with Crippen LogP contribution in [-0.2, 0) is 0 Å². The van der Waals surface area contributed by atoms with Gasteiger partial charge in [-0.25, -0.2) is 0 Å². The predicted molar refractivity (Wildman–Crippen MR) is 58.6 cm³/mol. The zero-order chi connectivity index (χ0) is 10.4. The van der Waals surface area contributed by atoms with Crippen molar-refractivity contribution in [3.8, 4) is 5.75 Å². The van der Waals surface area contributed by atoms with Crippen molar-refractivity contribution in [2.24, 2.45) is 16.9 Å². The zero-order valence-corrected chi connectivity index (χ0v) is 8.60. The van der Waals surface area contributed by atoms with Crippen LogP contribution < -0.4 is 10.6 Å². The largest absolute Gasteiger partial charge is 0.493 e. The van der Waals surface area contributed by atoms with E-state index in [9.17, 15) is 0 Å². The number of hydrogen-bond donors (Lipinski definition) is 1. The van der Waals surface area contributed by atoms with E-state index in [0.717, 1.165) is 11.3 Å². The maximum absolute atomic E-state index is 5.60. The van der Waals surface area contributed by atoms with Crippen LogP contribution in [0.3, 0.4) is 0 Å². The Morgan fingerprint density at radius 2 is 2.14 bits per heavy atom. The molecule has 0 aliphatic heterocycles. The summed E-state index contributed by atoms with van der Waals surface area (Å²) in [5.41, 5.74) is 0.913. The molecule has 3 nitrogen and oxygen atoms in total. The zero-order valence-electron chi connectivity index (χ0n) is 8.60. The fourth-order valence-corrected chi connectivity index (χ4v) is 1.06. The average molecular weight is 192 g/mol. The van der Waals surface area contributed by atoms with Crippen LogP contribution in [0.1, 0.15) is 19.4 Å².